The molecule has 3 heterocycles. The van der Waals surface area contributed by atoms with E-state index in [4.69, 9.17) is 0 Å². The zero-order chi connectivity index (χ0) is 63.6. The Balaban J connectivity index is 1.15. The van der Waals surface area contributed by atoms with Crippen molar-refractivity contribution in [3.8, 4) is 61.3 Å². The summed E-state index contributed by atoms with van der Waals surface area (Å²) in [6.45, 7) is 28.1. The van der Waals surface area contributed by atoms with Crippen LogP contribution in [0.5, 0.6) is 0 Å². The number of rotatable bonds is 8. The molecule has 2 aliphatic heterocycles. The van der Waals surface area contributed by atoms with Gasteiger partial charge in [-0.05, 0) is 136 Å². The van der Waals surface area contributed by atoms with Crippen molar-refractivity contribution in [2.75, 3.05) is 9.80 Å². The van der Waals surface area contributed by atoms with Gasteiger partial charge in [-0.25, -0.2) is 0 Å². The van der Waals surface area contributed by atoms with Crippen LogP contribution in [0.3, 0.4) is 0 Å². The number of fused-ring (bicyclic) bond motifs is 7. The number of hydrogen-bond acceptors (Lipinski definition) is 2. The van der Waals surface area contributed by atoms with Crippen molar-refractivity contribution in [2.24, 2.45) is 0 Å². The molecule has 0 aliphatic carbocycles. The lowest BCUT2D eigenvalue weighted by molar-refractivity contribution is 0.590. The molecule has 0 unspecified atom stereocenters. The third-order valence-electron chi connectivity index (χ3n) is 19.6. The maximum atomic E-state index is 2.72. The summed E-state index contributed by atoms with van der Waals surface area (Å²) in [5, 5.41) is 2.51. The van der Waals surface area contributed by atoms with Gasteiger partial charge in [0.2, 0.25) is 0 Å². The van der Waals surface area contributed by atoms with Gasteiger partial charge in [0.15, 0.2) is 0 Å². The van der Waals surface area contributed by atoms with E-state index in [2.05, 4.69) is 364 Å². The van der Waals surface area contributed by atoms with Crippen molar-refractivity contribution in [1.82, 2.24) is 4.57 Å². The Morgan fingerprint density at radius 1 is 0.272 bits per heavy atom. The first-order valence-electron chi connectivity index (χ1n) is 32.9. The van der Waals surface area contributed by atoms with Gasteiger partial charge >= 0.3 is 0 Å². The summed E-state index contributed by atoms with van der Waals surface area (Å²) < 4.78 is 2.59. The summed E-state index contributed by atoms with van der Waals surface area (Å²) in [6, 6.07) is 102. The SMILES string of the molecule is CC(C)(C)c1cc2c3c(c1)N(c1c(-c4ccccc4)cccc1-c1ccccc1)c1cc(C(C)(C)C)c(-c4ccccc4)cc1B3c1ccc(-n3c4cc(C(C)(C)C)ccc4c4ccc(C(C)(C)C)cc43)cc1N2c1c(-c2ccccc2)cccc1-c1ccccc1. The van der Waals surface area contributed by atoms with Crippen molar-refractivity contribution in [3.63, 3.8) is 0 Å². The van der Waals surface area contributed by atoms with Gasteiger partial charge in [-0.15, -0.1) is 0 Å². The Hall–Kier alpha value is -9.90. The van der Waals surface area contributed by atoms with Gasteiger partial charge in [-0.3, -0.25) is 0 Å². The minimum Gasteiger partial charge on any atom is -0.310 e. The third kappa shape index (κ3) is 9.89. The molecule has 0 bridgehead atoms. The van der Waals surface area contributed by atoms with Gasteiger partial charge in [0.25, 0.3) is 6.71 Å². The van der Waals surface area contributed by atoms with Crippen molar-refractivity contribution < 1.29 is 0 Å². The van der Waals surface area contributed by atoms with Crippen LogP contribution in [0.15, 0.2) is 267 Å². The van der Waals surface area contributed by atoms with E-state index in [0.29, 0.717) is 0 Å². The Morgan fingerprint density at radius 3 is 1.01 bits per heavy atom. The fourth-order valence-electron chi connectivity index (χ4n) is 14.8. The van der Waals surface area contributed by atoms with Gasteiger partial charge in [0.1, 0.15) is 0 Å². The molecular formula is C88H80BN3. The molecule has 12 aromatic carbocycles. The van der Waals surface area contributed by atoms with Crippen molar-refractivity contribution >= 4 is 79.0 Å². The molecule has 92 heavy (non-hydrogen) atoms. The molecule has 0 saturated heterocycles. The minimum atomic E-state index is -0.282. The molecular weight excluding hydrogens is 1110 g/mol. The largest absolute Gasteiger partial charge is 0.310 e. The second-order valence-electron chi connectivity index (χ2n) is 29.8. The summed E-state index contributed by atoms with van der Waals surface area (Å²) in [7, 11) is 0. The summed E-state index contributed by atoms with van der Waals surface area (Å²) in [5.74, 6) is 0. The van der Waals surface area contributed by atoms with Gasteiger partial charge in [-0.2, -0.15) is 0 Å². The normalized spacial score (nSPS) is 13.2. The molecule has 1 aromatic heterocycles. The van der Waals surface area contributed by atoms with Crippen LogP contribution in [-0.4, -0.2) is 11.3 Å². The summed E-state index contributed by atoms with van der Waals surface area (Å²) >= 11 is 0. The molecule has 0 N–H and O–H groups in total. The maximum Gasteiger partial charge on any atom is 0.252 e. The van der Waals surface area contributed by atoms with Crippen LogP contribution in [-0.2, 0) is 21.7 Å². The van der Waals surface area contributed by atoms with Crippen molar-refractivity contribution in [1.29, 1.82) is 0 Å². The van der Waals surface area contributed by atoms with Gasteiger partial charge in [-0.1, -0.05) is 308 Å². The zero-order valence-electron chi connectivity index (χ0n) is 55.3. The van der Waals surface area contributed by atoms with Gasteiger partial charge in [0, 0.05) is 61.5 Å². The molecule has 0 fully saturated rings. The smallest absolute Gasteiger partial charge is 0.252 e. The molecule has 0 spiro atoms. The standard InChI is InChI=1S/C88H80BN3/c1-85(2,3)62-44-47-70-71-48-45-63(86(4,5)6)51-77(71)90(76(70)50-62)65-46-49-74-78(54-65)91(83-66(57-30-18-13-19-31-57)40-28-41-67(83)58-32-20-14-21-33-58)80-52-64(87(7,8)9)53-81-82(80)89(74)75-55-72(61-38-26-17-27-39-61)73(88(10,11)12)56-79(75)92(81)84-68(59-34-22-15-23-35-59)42-29-43-69(84)60-36-24-16-25-37-60/h13-56H,1-12H3. The highest BCUT2D eigenvalue weighted by atomic mass is 15.2. The maximum absolute atomic E-state index is 2.72. The number of nitrogens with zero attached hydrogens (tertiary/aromatic N) is 3. The molecule has 2 aliphatic rings. The van der Waals surface area contributed by atoms with E-state index in [1.807, 2.05) is 0 Å². The van der Waals surface area contributed by atoms with E-state index in [1.54, 1.807) is 0 Å². The summed E-state index contributed by atoms with van der Waals surface area (Å²) in [6.07, 6.45) is 0. The summed E-state index contributed by atoms with van der Waals surface area (Å²) in [4.78, 5) is 5.43. The van der Waals surface area contributed by atoms with Crippen LogP contribution in [0.1, 0.15) is 105 Å². The van der Waals surface area contributed by atoms with E-state index in [9.17, 15) is 0 Å². The fourth-order valence-corrected chi connectivity index (χ4v) is 14.8. The average molecular weight is 1190 g/mol. The molecule has 0 radical (unpaired) electrons. The molecule has 13 aromatic rings. The highest BCUT2D eigenvalue weighted by Gasteiger charge is 2.47. The van der Waals surface area contributed by atoms with Crippen LogP contribution < -0.4 is 26.2 Å². The minimum absolute atomic E-state index is 0.0724. The Morgan fingerprint density at radius 2 is 0.641 bits per heavy atom. The Kier molecular flexibility index (Phi) is 13.9. The zero-order valence-corrected chi connectivity index (χ0v) is 55.3. The number of para-hydroxylation sites is 2. The number of hydrogen-bond donors (Lipinski definition) is 0. The van der Waals surface area contributed by atoms with Crippen LogP contribution in [0.4, 0.5) is 34.1 Å². The first kappa shape index (κ1) is 58.5. The second kappa shape index (κ2) is 21.9. The lowest BCUT2D eigenvalue weighted by Crippen LogP contribution is -2.61. The lowest BCUT2D eigenvalue weighted by Gasteiger charge is -2.47. The van der Waals surface area contributed by atoms with E-state index in [-0.39, 0.29) is 28.4 Å². The third-order valence-corrected chi connectivity index (χ3v) is 19.6. The van der Waals surface area contributed by atoms with Crippen molar-refractivity contribution in [3.05, 3.63) is 289 Å². The van der Waals surface area contributed by atoms with E-state index in [0.717, 1.165) is 45.0 Å². The molecule has 0 amide bonds. The topological polar surface area (TPSA) is 11.4 Å². The van der Waals surface area contributed by atoms with Crippen LogP contribution in [0.25, 0.3) is 83.1 Å². The summed E-state index contributed by atoms with van der Waals surface area (Å²) in [5.41, 5.74) is 30.6. The first-order valence-corrected chi connectivity index (χ1v) is 32.9. The van der Waals surface area contributed by atoms with Gasteiger partial charge < -0.3 is 14.4 Å². The second-order valence-corrected chi connectivity index (χ2v) is 29.8. The molecule has 0 atom stereocenters. The molecule has 3 nitrogen and oxygen atoms in total. The molecule has 15 rings (SSSR count). The number of anilines is 6. The fraction of sp³-hybridized carbons (Fsp3) is 0.182. The first-order chi connectivity index (χ1) is 44.2. The monoisotopic (exact) mass is 1190 g/mol. The lowest BCUT2D eigenvalue weighted by atomic mass is 9.33. The quantitative estimate of drug-likeness (QED) is 0.141. The predicted octanol–water partition coefficient (Wildman–Crippen LogP) is 22.4. The van der Waals surface area contributed by atoms with E-state index >= 15 is 0 Å². The Bertz CT molecular complexity index is 4810. The Labute approximate surface area is 545 Å². The molecule has 450 valence electrons. The molecule has 4 heteroatoms. The van der Waals surface area contributed by atoms with Crippen LogP contribution in [0.2, 0.25) is 0 Å². The average Bonchev–Trinajstić information content (AvgIpc) is 0.759. The molecule has 0 saturated carbocycles. The highest BCUT2D eigenvalue weighted by Crippen LogP contribution is 2.55. The van der Waals surface area contributed by atoms with E-state index in [1.165, 1.54) is 111 Å². The van der Waals surface area contributed by atoms with Crippen LogP contribution >= 0.6 is 0 Å². The predicted molar refractivity (Wildman–Crippen MR) is 397 cm³/mol. The van der Waals surface area contributed by atoms with Gasteiger partial charge in [0.05, 0.1) is 22.4 Å². The number of aromatic nitrogens is 1. The van der Waals surface area contributed by atoms with Crippen LogP contribution in [0, 0.1) is 0 Å². The van der Waals surface area contributed by atoms with Crippen molar-refractivity contribution in [2.45, 2.75) is 105 Å². The highest BCUT2D eigenvalue weighted by molar-refractivity contribution is 7.00. The number of benzene rings is 12. The van der Waals surface area contributed by atoms with E-state index < -0.39 is 0 Å².